The monoisotopic (exact) mass is 295 g/mol. The van der Waals surface area contributed by atoms with Crippen LogP contribution < -0.4 is 4.74 Å². The Morgan fingerprint density at radius 2 is 2.21 bits per heavy atom. The van der Waals surface area contributed by atoms with E-state index in [0.717, 1.165) is 0 Å². The second kappa shape index (κ2) is 4.52. The summed E-state index contributed by atoms with van der Waals surface area (Å²) in [5, 5.41) is 9.12. The highest BCUT2D eigenvalue weighted by Gasteiger charge is 2.43. The van der Waals surface area contributed by atoms with Gasteiger partial charge in [-0.15, -0.1) is 0 Å². The third-order valence-corrected chi connectivity index (χ3v) is 3.76. The van der Waals surface area contributed by atoms with Crippen LogP contribution >= 0.6 is 11.6 Å². The van der Waals surface area contributed by atoms with Gasteiger partial charge in [0.05, 0.1) is 12.3 Å². The fraction of sp³-hybridized carbons (Fsp3) is 0.583. The number of hydrogen-bond acceptors (Lipinski definition) is 3. The molecule has 0 bridgehead atoms. The van der Waals surface area contributed by atoms with Gasteiger partial charge in [0.2, 0.25) is 0 Å². The molecule has 1 N–H and O–H groups in total. The van der Waals surface area contributed by atoms with Crippen LogP contribution in [0.1, 0.15) is 37.6 Å². The van der Waals surface area contributed by atoms with Crippen molar-refractivity contribution in [1.29, 1.82) is 0 Å². The van der Waals surface area contributed by atoms with E-state index in [1.165, 1.54) is 6.07 Å². The molecule has 0 spiro atoms. The molecule has 0 fully saturated rings. The molecule has 2 atom stereocenters. The molecule has 2 rings (SSSR count). The second-order valence-electron chi connectivity index (χ2n) is 4.86. The molecule has 106 valence electrons. The van der Waals surface area contributed by atoms with E-state index in [2.05, 4.69) is 4.98 Å². The van der Waals surface area contributed by atoms with Gasteiger partial charge in [0.25, 0.3) is 0 Å². The number of hydrogen-bond donors (Lipinski definition) is 1. The lowest BCUT2D eigenvalue weighted by molar-refractivity contribution is -0.208. The lowest BCUT2D eigenvalue weighted by atomic mass is 9.82. The van der Waals surface area contributed by atoms with Gasteiger partial charge < -0.3 is 9.84 Å². The van der Waals surface area contributed by atoms with Crippen LogP contribution in [0.15, 0.2) is 6.07 Å². The smallest absolute Gasteiger partial charge is 0.420 e. The molecule has 0 amide bonds. The predicted octanol–water partition coefficient (Wildman–Crippen LogP) is 3.39. The molecule has 7 heteroatoms. The fourth-order valence-corrected chi connectivity index (χ4v) is 2.27. The Balaban J connectivity index is 2.52. The van der Waals surface area contributed by atoms with Crippen LogP contribution in [0.4, 0.5) is 13.2 Å². The Hall–Kier alpha value is -1.01. The van der Waals surface area contributed by atoms with Gasteiger partial charge in [-0.05, 0) is 12.5 Å². The summed E-state index contributed by atoms with van der Waals surface area (Å²) in [6.45, 7) is 4.12. The van der Waals surface area contributed by atoms with Gasteiger partial charge in [-0.1, -0.05) is 25.4 Å². The molecular weight excluding hydrogens is 283 g/mol. The maximum absolute atomic E-state index is 12.5. The van der Waals surface area contributed by atoms with Crippen molar-refractivity contribution in [2.75, 3.05) is 6.61 Å². The topological polar surface area (TPSA) is 42.4 Å². The van der Waals surface area contributed by atoms with Gasteiger partial charge in [0.1, 0.15) is 0 Å². The lowest BCUT2D eigenvalue weighted by Gasteiger charge is -2.21. The summed E-state index contributed by atoms with van der Waals surface area (Å²) in [4.78, 5) is 3.58. The number of fused-ring (bicyclic) bond motifs is 1. The standard InChI is InChI=1S/C12H13ClF3NO2/c1-3-11(2)5-19-8-6(11)4-7(17-10(8)13)9(18)12(14,15)16/h4,9,18H,3,5H2,1-2H3. The van der Waals surface area contributed by atoms with Crippen molar-refractivity contribution < 1.29 is 23.0 Å². The predicted molar refractivity (Wildman–Crippen MR) is 63.4 cm³/mol. The molecule has 1 aromatic rings. The van der Waals surface area contributed by atoms with Gasteiger partial charge in [0.15, 0.2) is 17.0 Å². The highest BCUT2D eigenvalue weighted by atomic mass is 35.5. The lowest BCUT2D eigenvalue weighted by Crippen LogP contribution is -2.24. The van der Waals surface area contributed by atoms with Gasteiger partial charge >= 0.3 is 6.18 Å². The van der Waals surface area contributed by atoms with Gasteiger partial charge in [-0.3, -0.25) is 0 Å². The summed E-state index contributed by atoms with van der Waals surface area (Å²) in [7, 11) is 0. The van der Waals surface area contributed by atoms with E-state index in [1.807, 2.05) is 13.8 Å². The Morgan fingerprint density at radius 3 is 2.74 bits per heavy atom. The first-order chi connectivity index (χ1) is 8.69. The fourth-order valence-electron chi connectivity index (χ4n) is 2.02. The SMILES string of the molecule is CCC1(C)COc2c1cc(C(O)C(F)(F)F)nc2Cl. The van der Waals surface area contributed by atoms with E-state index < -0.39 is 23.4 Å². The van der Waals surface area contributed by atoms with Gasteiger partial charge in [-0.2, -0.15) is 13.2 Å². The van der Waals surface area contributed by atoms with Crippen molar-refractivity contribution in [3.8, 4) is 5.75 Å². The first-order valence-corrected chi connectivity index (χ1v) is 6.15. The van der Waals surface area contributed by atoms with E-state index in [4.69, 9.17) is 16.3 Å². The van der Waals surface area contributed by atoms with Crippen molar-refractivity contribution >= 4 is 11.6 Å². The summed E-state index contributed by atoms with van der Waals surface area (Å²) >= 11 is 5.84. The molecule has 1 aliphatic rings. The number of rotatable bonds is 2. The second-order valence-corrected chi connectivity index (χ2v) is 5.22. The molecule has 2 heterocycles. The van der Waals surface area contributed by atoms with Crippen molar-refractivity contribution in [3.63, 3.8) is 0 Å². The molecule has 0 saturated heterocycles. The van der Waals surface area contributed by atoms with E-state index in [1.54, 1.807) is 0 Å². The third kappa shape index (κ3) is 2.39. The van der Waals surface area contributed by atoms with E-state index in [0.29, 0.717) is 24.3 Å². The van der Waals surface area contributed by atoms with Crippen molar-refractivity contribution in [2.45, 2.75) is 38.0 Å². The summed E-state index contributed by atoms with van der Waals surface area (Å²) < 4.78 is 43.0. The van der Waals surface area contributed by atoms with E-state index in [-0.39, 0.29) is 5.15 Å². The summed E-state index contributed by atoms with van der Waals surface area (Å²) in [6, 6.07) is 1.23. The number of aliphatic hydroxyl groups excluding tert-OH is 1. The zero-order chi connectivity index (χ0) is 14.4. The minimum Gasteiger partial charge on any atom is -0.489 e. The number of ether oxygens (including phenoxy) is 1. The average molecular weight is 296 g/mol. The molecule has 1 aromatic heterocycles. The van der Waals surface area contributed by atoms with Crippen LogP contribution in [0.25, 0.3) is 0 Å². The van der Waals surface area contributed by atoms with Crippen LogP contribution in [0.2, 0.25) is 5.15 Å². The minimum absolute atomic E-state index is 0.145. The molecular formula is C12H13ClF3NO2. The molecule has 0 aromatic carbocycles. The molecule has 0 aliphatic carbocycles. The molecule has 0 saturated carbocycles. The number of aliphatic hydroxyl groups is 1. The van der Waals surface area contributed by atoms with E-state index >= 15 is 0 Å². The molecule has 19 heavy (non-hydrogen) atoms. The van der Waals surface area contributed by atoms with Crippen molar-refractivity contribution in [2.24, 2.45) is 0 Å². The molecule has 2 unspecified atom stereocenters. The van der Waals surface area contributed by atoms with Crippen LogP contribution in [-0.2, 0) is 5.41 Å². The minimum atomic E-state index is -4.77. The maximum Gasteiger partial charge on any atom is 0.420 e. The summed E-state index contributed by atoms with van der Waals surface area (Å²) in [6.07, 6.45) is -6.73. The third-order valence-electron chi connectivity index (χ3n) is 3.51. The van der Waals surface area contributed by atoms with Crippen molar-refractivity contribution in [3.05, 3.63) is 22.5 Å². The summed E-state index contributed by atoms with van der Waals surface area (Å²) in [5.41, 5.74) is -0.350. The molecule has 3 nitrogen and oxygen atoms in total. The first kappa shape index (κ1) is 14.4. The highest BCUT2D eigenvalue weighted by molar-refractivity contribution is 6.31. The van der Waals surface area contributed by atoms with Crippen LogP contribution in [0.5, 0.6) is 5.75 Å². The number of aromatic nitrogens is 1. The van der Waals surface area contributed by atoms with Gasteiger partial charge in [-0.25, -0.2) is 4.98 Å². The summed E-state index contributed by atoms with van der Waals surface area (Å²) in [5.74, 6) is 0.309. The Labute approximate surface area is 113 Å². The number of alkyl halides is 3. The first-order valence-electron chi connectivity index (χ1n) is 5.77. The number of nitrogens with zero attached hydrogens (tertiary/aromatic N) is 1. The maximum atomic E-state index is 12.5. The Morgan fingerprint density at radius 1 is 1.58 bits per heavy atom. The van der Waals surface area contributed by atoms with Crippen molar-refractivity contribution in [1.82, 2.24) is 4.98 Å². The molecule has 1 aliphatic heterocycles. The number of halogens is 4. The zero-order valence-corrected chi connectivity index (χ0v) is 11.1. The van der Waals surface area contributed by atoms with Crippen LogP contribution in [-0.4, -0.2) is 22.9 Å². The molecule has 0 radical (unpaired) electrons. The van der Waals surface area contributed by atoms with Crippen LogP contribution in [0.3, 0.4) is 0 Å². The Bertz CT molecular complexity index is 506. The average Bonchev–Trinajstić information content (AvgIpc) is 2.66. The highest BCUT2D eigenvalue weighted by Crippen LogP contribution is 2.46. The number of pyridine rings is 1. The quantitative estimate of drug-likeness (QED) is 0.851. The Kier molecular flexibility index (Phi) is 3.43. The zero-order valence-electron chi connectivity index (χ0n) is 10.4. The van der Waals surface area contributed by atoms with Crippen LogP contribution in [0, 0.1) is 0 Å². The normalized spacial score (nSPS) is 23.9. The largest absolute Gasteiger partial charge is 0.489 e. The van der Waals surface area contributed by atoms with E-state index in [9.17, 15) is 18.3 Å². The van der Waals surface area contributed by atoms with Gasteiger partial charge in [0, 0.05) is 11.0 Å².